The van der Waals surface area contributed by atoms with Crippen LogP contribution in [0.5, 0.6) is 5.75 Å². The monoisotopic (exact) mass is 488 g/mol. The number of hydrogen-bond donors (Lipinski definition) is 2. The fourth-order valence-corrected chi connectivity index (χ4v) is 4.18. The second-order valence-electron chi connectivity index (χ2n) is 7.58. The molecule has 0 unspecified atom stereocenters. The number of likely N-dealkylation sites (N-methyl/N-ethyl adjacent to an activating group) is 1. The summed E-state index contributed by atoms with van der Waals surface area (Å²) in [5, 5.41) is 18.6. The minimum Gasteiger partial charge on any atom is -0.489 e. The standard InChI is InChI=1S/C26H20N2O6S/c1-28-23(29)22(35-26(28)27-20-4-2-3-19(14-20)25(32)33)13-16-7-11-21(12-8-16)34-15-17-5-9-18(10-6-17)24(30)31/h2-14H,15H2,1H3,(H,30,31)(H,32,33). The van der Waals surface area contributed by atoms with Crippen molar-refractivity contribution in [2.75, 3.05) is 7.05 Å². The van der Waals surface area contributed by atoms with E-state index in [1.165, 1.54) is 40.9 Å². The second kappa shape index (κ2) is 10.3. The molecule has 1 aliphatic rings. The van der Waals surface area contributed by atoms with Crippen molar-refractivity contribution in [3.05, 3.63) is 100.0 Å². The Kier molecular flexibility index (Phi) is 6.98. The molecule has 0 radical (unpaired) electrons. The number of nitrogens with zero attached hydrogens (tertiary/aromatic N) is 2. The average Bonchev–Trinajstić information content (AvgIpc) is 3.11. The summed E-state index contributed by atoms with van der Waals surface area (Å²) >= 11 is 1.21. The van der Waals surface area contributed by atoms with Crippen LogP contribution in [0.25, 0.3) is 6.08 Å². The highest BCUT2D eigenvalue weighted by Crippen LogP contribution is 2.33. The third-order valence-electron chi connectivity index (χ3n) is 5.11. The molecular weight excluding hydrogens is 468 g/mol. The van der Waals surface area contributed by atoms with Crippen molar-refractivity contribution in [3.8, 4) is 5.75 Å². The Morgan fingerprint density at radius 2 is 1.66 bits per heavy atom. The second-order valence-corrected chi connectivity index (χ2v) is 8.59. The third kappa shape index (κ3) is 5.77. The molecule has 1 aliphatic heterocycles. The maximum Gasteiger partial charge on any atom is 0.335 e. The number of rotatable bonds is 7. The lowest BCUT2D eigenvalue weighted by Gasteiger charge is -2.07. The van der Waals surface area contributed by atoms with E-state index in [0.717, 1.165) is 11.1 Å². The van der Waals surface area contributed by atoms with Gasteiger partial charge in [0.05, 0.1) is 21.7 Å². The SMILES string of the molecule is CN1C(=O)C(=Cc2ccc(OCc3ccc(C(=O)O)cc3)cc2)SC1=Nc1cccc(C(=O)O)c1. The van der Waals surface area contributed by atoms with E-state index in [-0.39, 0.29) is 17.0 Å². The number of carbonyl (C=O) groups is 3. The fraction of sp³-hybridized carbons (Fsp3) is 0.0769. The molecule has 176 valence electrons. The van der Waals surface area contributed by atoms with E-state index in [0.29, 0.717) is 28.1 Å². The molecule has 8 nitrogen and oxygen atoms in total. The first kappa shape index (κ1) is 23.8. The van der Waals surface area contributed by atoms with Gasteiger partial charge in [-0.3, -0.25) is 9.69 Å². The predicted octanol–water partition coefficient (Wildman–Crippen LogP) is 4.90. The summed E-state index contributed by atoms with van der Waals surface area (Å²) in [7, 11) is 1.62. The number of aliphatic imine (C=N–C) groups is 1. The molecule has 1 heterocycles. The molecule has 9 heteroatoms. The summed E-state index contributed by atoms with van der Waals surface area (Å²) in [6.45, 7) is 0.294. The molecule has 3 aromatic rings. The number of amidine groups is 1. The molecular formula is C26H20N2O6S. The van der Waals surface area contributed by atoms with Gasteiger partial charge in [0.2, 0.25) is 0 Å². The molecule has 1 amide bonds. The van der Waals surface area contributed by atoms with Crippen molar-refractivity contribution >= 4 is 46.5 Å². The summed E-state index contributed by atoms with van der Waals surface area (Å²) in [5.74, 6) is -1.58. The molecule has 1 saturated heterocycles. The Morgan fingerprint density at radius 1 is 0.971 bits per heavy atom. The van der Waals surface area contributed by atoms with Crippen LogP contribution in [-0.2, 0) is 11.4 Å². The molecule has 3 aromatic carbocycles. The van der Waals surface area contributed by atoms with Gasteiger partial charge in [0.15, 0.2) is 5.17 Å². The van der Waals surface area contributed by atoms with Gasteiger partial charge in [0, 0.05) is 7.05 Å². The summed E-state index contributed by atoms with van der Waals surface area (Å²) in [5.41, 5.74) is 2.45. The molecule has 0 spiro atoms. The number of carbonyl (C=O) groups excluding carboxylic acids is 1. The van der Waals surface area contributed by atoms with Crippen LogP contribution in [0.3, 0.4) is 0 Å². The zero-order chi connectivity index (χ0) is 24.9. The number of aromatic carboxylic acids is 2. The zero-order valence-electron chi connectivity index (χ0n) is 18.5. The highest BCUT2D eigenvalue weighted by atomic mass is 32.2. The van der Waals surface area contributed by atoms with Crippen molar-refractivity contribution in [1.82, 2.24) is 4.90 Å². The van der Waals surface area contributed by atoms with Gasteiger partial charge >= 0.3 is 11.9 Å². The number of benzene rings is 3. The Labute approximate surface area is 205 Å². The van der Waals surface area contributed by atoms with Crippen molar-refractivity contribution in [2.24, 2.45) is 4.99 Å². The van der Waals surface area contributed by atoms with Crippen LogP contribution in [-0.4, -0.2) is 45.2 Å². The normalized spacial score (nSPS) is 15.6. The van der Waals surface area contributed by atoms with Crippen molar-refractivity contribution in [3.63, 3.8) is 0 Å². The van der Waals surface area contributed by atoms with Gasteiger partial charge in [-0.1, -0.05) is 30.3 Å². The molecule has 2 N–H and O–H groups in total. The highest BCUT2D eigenvalue weighted by molar-refractivity contribution is 8.18. The van der Waals surface area contributed by atoms with E-state index >= 15 is 0 Å². The van der Waals surface area contributed by atoms with Crippen molar-refractivity contribution in [2.45, 2.75) is 6.61 Å². The quantitative estimate of drug-likeness (QED) is 0.455. The molecule has 0 aromatic heterocycles. The Hall–Kier alpha value is -4.37. The first-order chi connectivity index (χ1) is 16.8. The molecule has 0 bridgehead atoms. The van der Waals surface area contributed by atoms with Crippen LogP contribution in [0.4, 0.5) is 5.69 Å². The summed E-state index contributed by atoms with van der Waals surface area (Å²) in [6.07, 6.45) is 1.76. The van der Waals surface area contributed by atoms with Crippen LogP contribution in [0.15, 0.2) is 82.7 Å². The van der Waals surface area contributed by atoms with E-state index < -0.39 is 11.9 Å². The van der Waals surface area contributed by atoms with E-state index in [2.05, 4.69) is 4.99 Å². The van der Waals surface area contributed by atoms with Crippen molar-refractivity contribution < 1.29 is 29.3 Å². The number of thioether (sulfide) groups is 1. The third-order valence-corrected chi connectivity index (χ3v) is 6.17. The highest BCUT2D eigenvalue weighted by Gasteiger charge is 2.30. The first-order valence-electron chi connectivity index (χ1n) is 10.4. The topological polar surface area (TPSA) is 117 Å². The largest absolute Gasteiger partial charge is 0.489 e. The van der Waals surface area contributed by atoms with Crippen LogP contribution < -0.4 is 4.74 Å². The van der Waals surface area contributed by atoms with Gasteiger partial charge < -0.3 is 14.9 Å². The minimum absolute atomic E-state index is 0.124. The Balaban J connectivity index is 1.42. The average molecular weight is 489 g/mol. The Morgan fingerprint density at radius 3 is 2.31 bits per heavy atom. The fourth-order valence-electron chi connectivity index (χ4n) is 3.19. The van der Waals surface area contributed by atoms with Gasteiger partial charge in [0.1, 0.15) is 12.4 Å². The molecule has 0 saturated carbocycles. The number of ether oxygens (including phenoxy) is 1. The van der Waals surface area contributed by atoms with Gasteiger partial charge in [-0.2, -0.15) is 0 Å². The summed E-state index contributed by atoms with van der Waals surface area (Å²) in [4.78, 5) is 41.1. The molecule has 0 atom stereocenters. The van der Waals surface area contributed by atoms with E-state index in [1.807, 2.05) is 12.1 Å². The Bertz CT molecular complexity index is 1350. The van der Waals surface area contributed by atoms with Crippen molar-refractivity contribution in [1.29, 1.82) is 0 Å². The van der Waals surface area contributed by atoms with Crippen LogP contribution in [0, 0.1) is 0 Å². The smallest absolute Gasteiger partial charge is 0.335 e. The minimum atomic E-state index is -1.04. The van der Waals surface area contributed by atoms with Gasteiger partial charge in [-0.25, -0.2) is 14.6 Å². The van der Waals surface area contributed by atoms with Crippen LogP contribution in [0.2, 0.25) is 0 Å². The van der Waals surface area contributed by atoms with E-state index in [4.69, 9.17) is 14.9 Å². The summed E-state index contributed by atoms with van der Waals surface area (Å²) < 4.78 is 5.76. The van der Waals surface area contributed by atoms with E-state index in [9.17, 15) is 14.4 Å². The van der Waals surface area contributed by atoms with Gasteiger partial charge in [0.25, 0.3) is 5.91 Å². The molecule has 0 aliphatic carbocycles. The lowest BCUT2D eigenvalue weighted by molar-refractivity contribution is -0.121. The number of hydrogen-bond acceptors (Lipinski definition) is 6. The molecule has 35 heavy (non-hydrogen) atoms. The molecule has 1 fully saturated rings. The van der Waals surface area contributed by atoms with Crippen LogP contribution in [0.1, 0.15) is 31.8 Å². The van der Waals surface area contributed by atoms with Gasteiger partial charge in [-0.05, 0) is 71.4 Å². The number of carboxylic acids is 2. The van der Waals surface area contributed by atoms with Crippen LogP contribution >= 0.6 is 11.8 Å². The number of amides is 1. The predicted molar refractivity (Wildman–Crippen MR) is 133 cm³/mol. The molecule has 4 rings (SSSR count). The maximum absolute atomic E-state index is 12.7. The number of carboxylic acid groups (broad SMARTS) is 2. The van der Waals surface area contributed by atoms with E-state index in [1.54, 1.807) is 49.5 Å². The first-order valence-corrected chi connectivity index (χ1v) is 11.3. The van der Waals surface area contributed by atoms with Gasteiger partial charge in [-0.15, -0.1) is 0 Å². The maximum atomic E-state index is 12.7. The lowest BCUT2D eigenvalue weighted by atomic mass is 10.1. The lowest BCUT2D eigenvalue weighted by Crippen LogP contribution is -2.23. The summed E-state index contributed by atoms with van der Waals surface area (Å²) in [6, 6.07) is 19.9. The zero-order valence-corrected chi connectivity index (χ0v) is 19.4.